The smallest absolute Gasteiger partial charge is 0.262 e. The van der Waals surface area contributed by atoms with Gasteiger partial charge in [-0.3, -0.25) is 9.52 Å². The lowest BCUT2D eigenvalue weighted by Gasteiger charge is -2.21. The van der Waals surface area contributed by atoms with E-state index in [1.165, 1.54) is 58.7 Å². The van der Waals surface area contributed by atoms with E-state index in [1.54, 1.807) is 12.1 Å². The Morgan fingerprint density at radius 2 is 1.93 bits per heavy atom. The van der Waals surface area contributed by atoms with Crippen LogP contribution in [0, 0.1) is 5.82 Å². The van der Waals surface area contributed by atoms with Crippen LogP contribution in [0.4, 0.5) is 10.1 Å². The number of para-hydroxylation sites is 1. The Labute approximate surface area is 183 Å². The molecular weight excluding hydrogens is 447 g/mol. The lowest BCUT2D eigenvalue weighted by atomic mass is 10.2. The van der Waals surface area contributed by atoms with E-state index in [4.69, 9.17) is 11.6 Å². The maximum Gasteiger partial charge on any atom is 0.262 e. The number of amides is 1. The van der Waals surface area contributed by atoms with Crippen LogP contribution < -0.4 is 4.72 Å². The van der Waals surface area contributed by atoms with E-state index in [-0.39, 0.29) is 28.6 Å². The molecule has 3 aromatic rings. The van der Waals surface area contributed by atoms with E-state index >= 15 is 0 Å². The predicted molar refractivity (Wildman–Crippen MR) is 118 cm³/mol. The third kappa shape index (κ3) is 5.27. The lowest BCUT2D eigenvalue weighted by molar-refractivity contribution is 0.0764. The summed E-state index contributed by atoms with van der Waals surface area (Å²) < 4.78 is 42.0. The molecule has 0 radical (unpaired) electrons. The number of benzene rings is 2. The summed E-state index contributed by atoms with van der Waals surface area (Å²) in [5.41, 5.74) is 0.0213. The van der Waals surface area contributed by atoms with E-state index in [9.17, 15) is 17.6 Å². The summed E-state index contributed by atoms with van der Waals surface area (Å²) in [7, 11) is -4.08. The zero-order valence-corrected chi connectivity index (χ0v) is 18.1. The molecule has 156 valence electrons. The SMILES string of the molecule is C=CCN(Cc1ccc(Cl)s1)C(=O)c1cccc(S(=O)(=O)Nc2ccccc2F)c1. The summed E-state index contributed by atoms with van der Waals surface area (Å²) in [5.74, 6) is -1.05. The first-order chi connectivity index (χ1) is 14.3. The molecule has 0 aliphatic heterocycles. The van der Waals surface area contributed by atoms with Crippen LogP contribution in [0.2, 0.25) is 4.34 Å². The molecule has 1 heterocycles. The third-order valence-electron chi connectivity index (χ3n) is 4.12. The average molecular weight is 465 g/mol. The fourth-order valence-electron chi connectivity index (χ4n) is 2.73. The second kappa shape index (κ2) is 9.42. The van der Waals surface area contributed by atoms with E-state index in [0.717, 1.165) is 10.9 Å². The van der Waals surface area contributed by atoms with Gasteiger partial charge in [-0.2, -0.15) is 0 Å². The van der Waals surface area contributed by atoms with Crippen molar-refractivity contribution in [1.29, 1.82) is 0 Å². The van der Waals surface area contributed by atoms with Crippen LogP contribution in [-0.2, 0) is 16.6 Å². The molecule has 0 fully saturated rings. The molecular formula is C21H18ClFN2O3S2. The zero-order valence-electron chi connectivity index (χ0n) is 15.7. The molecule has 9 heteroatoms. The zero-order chi connectivity index (χ0) is 21.7. The second-order valence-electron chi connectivity index (χ2n) is 6.29. The largest absolute Gasteiger partial charge is 0.330 e. The summed E-state index contributed by atoms with van der Waals surface area (Å²) in [6.45, 7) is 4.27. The van der Waals surface area contributed by atoms with Gasteiger partial charge in [0, 0.05) is 17.0 Å². The molecule has 30 heavy (non-hydrogen) atoms. The summed E-state index contributed by atoms with van der Waals surface area (Å²) in [4.78, 5) is 15.3. The molecule has 0 unspecified atom stereocenters. The highest BCUT2D eigenvalue weighted by molar-refractivity contribution is 7.92. The number of anilines is 1. The van der Waals surface area contributed by atoms with Gasteiger partial charge in [-0.25, -0.2) is 12.8 Å². The van der Waals surface area contributed by atoms with E-state index in [2.05, 4.69) is 11.3 Å². The van der Waals surface area contributed by atoms with E-state index in [0.29, 0.717) is 10.9 Å². The molecule has 0 aliphatic rings. The topological polar surface area (TPSA) is 66.5 Å². The molecule has 0 bridgehead atoms. The Morgan fingerprint density at radius 1 is 1.17 bits per heavy atom. The van der Waals surface area contributed by atoms with Crippen molar-refractivity contribution in [1.82, 2.24) is 4.90 Å². The van der Waals surface area contributed by atoms with Gasteiger partial charge in [0.25, 0.3) is 15.9 Å². The van der Waals surface area contributed by atoms with Crippen molar-refractivity contribution in [3.8, 4) is 0 Å². The van der Waals surface area contributed by atoms with Crippen molar-refractivity contribution >= 4 is 44.6 Å². The molecule has 1 amide bonds. The molecule has 0 saturated carbocycles. The second-order valence-corrected chi connectivity index (χ2v) is 9.78. The van der Waals surface area contributed by atoms with Crippen LogP contribution in [-0.4, -0.2) is 25.8 Å². The van der Waals surface area contributed by atoms with Crippen molar-refractivity contribution in [3.63, 3.8) is 0 Å². The van der Waals surface area contributed by atoms with Crippen molar-refractivity contribution in [2.24, 2.45) is 0 Å². The van der Waals surface area contributed by atoms with Crippen molar-refractivity contribution in [3.05, 3.63) is 93.9 Å². The number of thiophene rings is 1. The highest BCUT2D eigenvalue weighted by Gasteiger charge is 2.21. The number of halogens is 2. The molecule has 0 atom stereocenters. The van der Waals surface area contributed by atoms with Gasteiger partial charge < -0.3 is 4.90 Å². The Hall–Kier alpha value is -2.68. The van der Waals surface area contributed by atoms with Crippen molar-refractivity contribution < 1.29 is 17.6 Å². The monoisotopic (exact) mass is 464 g/mol. The Morgan fingerprint density at radius 3 is 2.60 bits per heavy atom. The number of carbonyl (C=O) groups excluding carboxylic acids is 1. The molecule has 3 rings (SSSR count). The molecule has 1 aromatic heterocycles. The first-order valence-corrected chi connectivity index (χ1v) is 11.5. The number of hydrogen-bond acceptors (Lipinski definition) is 4. The normalized spacial score (nSPS) is 11.1. The highest BCUT2D eigenvalue weighted by Crippen LogP contribution is 2.24. The van der Waals surface area contributed by atoms with Gasteiger partial charge in [0.2, 0.25) is 0 Å². The minimum atomic E-state index is -4.08. The third-order valence-corrected chi connectivity index (χ3v) is 6.70. The molecule has 0 spiro atoms. The standard InChI is InChI=1S/C21H18ClFN2O3S2/c1-2-12-25(14-16-10-11-20(22)29-16)21(26)15-6-5-7-17(13-15)30(27,28)24-19-9-4-3-8-18(19)23/h2-11,13,24H,1,12,14H2. The lowest BCUT2D eigenvalue weighted by Crippen LogP contribution is -2.30. The Bertz CT molecular complexity index is 1180. The van der Waals surface area contributed by atoms with Gasteiger partial charge in [0.1, 0.15) is 5.82 Å². The minimum absolute atomic E-state index is 0.144. The quantitative estimate of drug-likeness (QED) is 0.468. The first kappa shape index (κ1) is 22.0. The number of rotatable bonds is 8. The van der Waals surface area contributed by atoms with Gasteiger partial charge >= 0.3 is 0 Å². The number of sulfonamides is 1. The van der Waals surface area contributed by atoms with Crippen LogP contribution in [0.5, 0.6) is 0 Å². The fourth-order valence-corrected chi connectivity index (χ4v) is 4.94. The van der Waals surface area contributed by atoms with Crippen LogP contribution in [0.25, 0.3) is 0 Å². The number of nitrogens with zero attached hydrogens (tertiary/aromatic N) is 1. The number of hydrogen-bond donors (Lipinski definition) is 1. The van der Waals surface area contributed by atoms with Crippen LogP contribution in [0.1, 0.15) is 15.2 Å². The van der Waals surface area contributed by atoms with E-state index < -0.39 is 15.8 Å². The van der Waals surface area contributed by atoms with Crippen LogP contribution in [0.3, 0.4) is 0 Å². The van der Waals surface area contributed by atoms with Crippen molar-refractivity contribution in [2.75, 3.05) is 11.3 Å². The Kier molecular flexibility index (Phi) is 6.91. The van der Waals surface area contributed by atoms with Gasteiger partial charge in [-0.05, 0) is 42.5 Å². The first-order valence-electron chi connectivity index (χ1n) is 8.82. The summed E-state index contributed by atoms with van der Waals surface area (Å²) in [6.07, 6.45) is 1.59. The summed E-state index contributed by atoms with van der Waals surface area (Å²) >= 11 is 7.32. The maximum absolute atomic E-state index is 13.8. The number of carbonyl (C=O) groups is 1. The highest BCUT2D eigenvalue weighted by atomic mass is 35.5. The Balaban J connectivity index is 1.86. The summed E-state index contributed by atoms with van der Waals surface area (Å²) in [6, 6.07) is 14.6. The van der Waals surface area contributed by atoms with Crippen LogP contribution in [0.15, 0.2) is 78.2 Å². The molecule has 0 saturated heterocycles. The van der Waals surface area contributed by atoms with Gasteiger partial charge in [0.05, 0.1) is 21.5 Å². The van der Waals surface area contributed by atoms with Gasteiger partial charge in [-0.1, -0.05) is 35.9 Å². The fraction of sp³-hybridized carbons (Fsp3) is 0.0952. The molecule has 1 N–H and O–H groups in total. The van der Waals surface area contributed by atoms with Gasteiger partial charge in [-0.15, -0.1) is 17.9 Å². The molecule has 5 nitrogen and oxygen atoms in total. The molecule has 2 aromatic carbocycles. The van der Waals surface area contributed by atoms with E-state index in [1.807, 2.05) is 6.07 Å². The number of nitrogens with one attached hydrogen (secondary N) is 1. The van der Waals surface area contributed by atoms with Gasteiger partial charge in [0.15, 0.2) is 0 Å². The maximum atomic E-state index is 13.8. The van der Waals surface area contributed by atoms with Crippen molar-refractivity contribution in [2.45, 2.75) is 11.4 Å². The predicted octanol–water partition coefficient (Wildman–Crippen LogP) is 5.17. The molecule has 0 aliphatic carbocycles. The minimum Gasteiger partial charge on any atom is -0.330 e. The average Bonchev–Trinajstić information content (AvgIpc) is 3.13. The van der Waals surface area contributed by atoms with Crippen LogP contribution >= 0.6 is 22.9 Å². The summed E-state index contributed by atoms with van der Waals surface area (Å²) in [5, 5.41) is 0.